The van der Waals surface area contributed by atoms with Gasteiger partial charge in [-0.1, -0.05) is 0 Å². The van der Waals surface area contributed by atoms with E-state index in [9.17, 15) is 0 Å². The molecule has 2 unspecified atom stereocenters. The minimum atomic E-state index is 0.207. The molecule has 2 rings (SSSR count). The van der Waals surface area contributed by atoms with Gasteiger partial charge in [0.05, 0.1) is 11.8 Å². The lowest BCUT2D eigenvalue weighted by molar-refractivity contribution is -0.0340. The number of hydrogen-bond acceptors (Lipinski definition) is 2. The van der Waals surface area contributed by atoms with E-state index in [-0.39, 0.29) is 5.22 Å². The Morgan fingerprint density at radius 3 is 2.70 bits per heavy atom. The van der Waals surface area contributed by atoms with Crippen LogP contribution in [-0.4, -0.2) is 34.8 Å². The topological polar surface area (TPSA) is 21.8 Å². The number of ether oxygens (including phenoxy) is 2. The molecule has 58 valence electrons. The Morgan fingerprint density at radius 1 is 1.40 bits per heavy atom. The molecule has 10 heavy (non-hydrogen) atoms. The molecule has 0 aromatic heterocycles. The molecule has 0 N–H and O–H groups in total. The molecule has 0 amide bonds. The summed E-state index contributed by atoms with van der Waals surface area (Å²) < 4.78 is 11.0. The Kier molecular flexibility index (Phi) is 1.59. The molecule has 0 saturated carbocycles. The summed E-state index contributed by atoms with van der Waals surface area (Å²) in [4.78, 5) is 0. The summed E-state index contributed by atoms with van der Waals surface area (Å²) >= 11 is 0. The highest BCUT2D eigenvalue weighted by molar-refractivity contribution is 6.15. The highest BCUT2D eigenvalue weighted by Gasteiger charge is 2.44. The average Bonchev–Trinajstić information content (AvgIpc) is 2.69. The molecule has 3 heteroatoms. The summed E-state index contributed by atoms with van der Waals surface area (Å²) in [5.74, 6) is 0. The Balaban J connectivity index is 1.97. The van der Waals surface area contributed by atoms with Crippen LogP contribution in [0.1, 0.15) is 19.3 Å². The zero-order valence-corrected chi connectivity index (χ0v) is 8.43. The van der Waals surface area contributed by atoms with Gasteiger partial charge in [-0.3, -0.25) is 0 Å². The van der Waals surface area contributed by atoms with Crippen molar-refractivity contribution in [2.24, 2.45) is 0 Å². The molecule has 2 aliphatic heterocycles. The van der Waals surface area contributed by atoms with Crippen molar-refractivity contribution in [2.45, 2.75) is 30.6 Å². The van der Waals surface area contributed by atoms with E-state index in [1.807, 2.05) is 0 Å². The van der Waals surface area contributed by atoms with Crippen LogP contribution < -0.4 is 0 Å². The summed E-state index contributed by atoms with van der Waals surface area (Å²) in [5, 5.41) is 0.207. The van der Waals surface area contributed by atoms with E-state index in [0.29, 0.717) is 6.10 Å². The van der Waals surface area contributed by atoms with E-state index < -0.39 is 0 Å². The summed E-state index contributed by atoms with van der Waals surface area (Å²) in [6, 6.07) is 0. The minimum absolute atomic E-state index is 0.207. The van der Waals surface area contributed by atoms with Crippen molar-refractivity contribution in [1.82, 2.24) is 0 Å². The van der Waals surface area contributed by atoms with Crippen LogP contribution in [0.4, 0.5) is 0 Å². The third kappa shape index (κ3) is 1.13. The third-order valence-corrected chi connectivity index (χ3v) is 3.95. The van der Waals surface area contributed by atoms with E-state index in [1.165, 1.54) is 19.3 Å². The fourth-order valence-electron chi connectivity index (χ4n) is 1.61. The fraction of sp³-hybridized carbons (Fsp3) is 1.00. The third-order valence-electron chi connectivity index (χ3n) is 2.51. The standard InChI is InChI=1S/C7H14O2Si/c10-7(6-5-8-6)3-1-2-4-9-7/h6H,1-5H2,10H3. The maximum absolute atomic E-state index is 5.73. The monoisotopic (exact) mass is 158 g/mol. The second-order valence-corrected chi connectivity index (χ2v) is 5.13. The quantitative estimate of drug-likeness (QED) is 0.384. The first-order valence-electron chi connectivity index (χ1n) is 4.07. The van der Waals surface area contributed by atoms with Gasteiger partial charge < -0.3 is 9.47 Å². The highest BCUT2D eigenvalue weighted by Crippen LogP contribution is 2.32. The molecule has 0 spiro atoms. The van der Waals surface area contributed by atoms with Gasteiger partial charge in [0.1, 0.15) is 6.10 Å². The van der Waals surface area contributed by atoms with Crippen molar-refractivity contribution in [2.75, 3.05) is 13.2 Å². The van der Waals surface area contributed by atoms with Gasteiger partial charge in [0.15, 0.2) is 0 Å². The van der Waals surface area contributed by atoms with Crippen molar-refractivity contribution in [3.8, 4) is 0 Å². The first-order valence-corrected chi connectivity index (χ1v) is 5.07. The first kappa shape index (κ1) is 6.82. The Labute approximate surface area is 64.3 Å². The van der Waals surface area contributed by atoms with Crippen LogP contribution in [-0.2, 0) is 9.47 Å². The summed E-state index contributed by atoms with van der Waals surface area (Å²) in [6.45, 7) is 1.91. The maximum Gasteiger partial charge on any atom is 0.106 e. The van der Waals surface area contributed by atoms with E-state index >= 15 is 0 Å². The van der Waals surface area contributed by atoms with Gasteiger partial charge in [-0.05, 0) is 19.3 Å². The predicted molar refractivity (Wildman–Crippen MR) is 42.2 cm³/mol. The highest BCUT2D eigenvalue weighted by atomic mass is 28.1. The van der Waals surface area contributed by atoms with Crippen molar-refractivity contribution >= 4 is 10.2 Å². The molecule has 2 atom stereocenters. The number of rotatable bonds is 1. The van der Waals surface area contributed by atoms with E-state index in [4.69, 9.17) is 9.47 Å². The Bertz CT molecular complexity index is 128. The van der Waals surface area contributed by atoms with Gasteiger partial charge in [-0.2, -0.15) is 0 Å². The van der Waals surface area contributed by atoms with Crippen LogP contribution in [0.3, 0.4) is 0 Å². The van der Waals surface area contributed by atoms with Gasteiger partial charge in [0, 0.05) is 16.8 Å². The number of epoxide rings is 1. The normalized spacial score (nSPS) is 47.4. The molecule has 0 aliphatic carbocycles. The lowest BCUT2D eigenvalue weighted by Gasteiger charge is -2.32. The van der Waals surface area contributed by atoms with Gasteiger partial charge >= 0.3 is 0 Å². The zero-order chi connectivity index (χ0) is 7.03. The van der Waals surface area contributed by atoms with Gasteiger partial charge in [0.2, 0.25) is 0 Å². The fourth-order valence-corrected chi connectivity index (χ4v) is 2.50. The molecule has 2 fully saturated rings. The van der Waals surface area contributed by atoms with Crippen molar-refractivity contribution in [3.63, 3.8) is 0 Å². The van der Waals surface area contributed by atoms with Gasteiger partial charge in [-0.25, -0.2) is 0 Å². The summed E-state index contributed by atoms with van der Waals surface area (Å²) in [7, 11) is 1.13. The van der Waals surface area contributed by atoms with Crippen LogP contribution >= 0.6 is 0 Å². The Hall–Kier alpha value is 0.137. The maximum atomic E-state index is 5.73. The molecule has 0 radical (unpaired) electrons. The van der Waals surface area contributed by atoms with Crippen LogP contribution in [0.2, 0.25) is 0 Å². The first-order chi connectivity index (χ1) is 4.81. The zero-order valence-electron chi connectivity index (χ0n) is 6.43. The second-order valence-electron chi connectivity index (χ2n) is 3.44. The summed E-state index contributed by atoms with van der Waals surface area (Å²) in [6.07, 6.45) is 4.30. The largest absolute Gasteiger partial charge is 0.377 e. The second kappa shape index (κ2) is 2.32. The van der Waals surface area contributed by atoms with Gasteiger partial charge in [0.25, 0.3) is 0 Å². The van der Waals surface area contributed by atoms with Crippen LogP contribution in [0, 0.1) is 0 Å². The van der Waals surface area contributed by atoms with Crippen molar-refractivity contribution in [3.05, 3.63) is 0 Å². The van der Waals surface area contributed by atoms with Crippen LogP contribution in [0.25, 0.3) is 0 Å². The molecule has 0 aromatic carbocycles. The van der Waals surface area contributed by atoms with Gasteiger partial charge in [-0.15, -0.1) is 0 Å². The molecule has 0 aromatic rings. The predicted octanol–water partition coefficient (Wildman–Crippen LogP) is -0.353. The van der Waals surface area contributed by atoms with Crippen molar-refractivity contribution in [1.29, 1.82) is 0 Å². The molecule has 2 heterocycles. The smallest absolute Gasteiger partial charge is 0.106 e. The Morgan fingerprint density at radius 2 is 2.20 bits per heavy atom. The van der Waals surface area contributed by atoms with E-state index in [0.717, 1.165) is 23.5 Å². The molecule has 0 bridgehead atoms. The molecular formula is C7H14O2Si. The molecule has 2 aliphatic rings. The SMILES string of the molecule is [SiH3]C1(C2CO2)CCCCO1. The molecular weight excluding hydrogens is 144 g/mol. The number of hydrogen-bond donors (Lipinski definition) is 0. The van der Waals surface area contributed by atoms with Crippen LogP contribution in [0.5, 0.6) is 0 Å². The van der Waals surface area contributed by atoms with E-state index in [2.05, 4.69) is 0 Å². The lowest BCUT2D eigenvalue weighted by atomic mass is 10.1. The molecule has 2 saturated heterocycles. The average molecular weight is 158 g/mol. The van der Waals surface area contributed by atoms with E-state index in [1.54, 1.807) is 0 Å². The summed E-state index contributed by atoms with van der Waals surface area (Å²) in [5.41, 5.74) is 0. The van der Waals surface area contributed by atoms with Crippen LogP contribution in [0.15, 0.2) is 0 Å². The lowest BCUT2D eigenvalue weighted by Crippen LogP contribution is -2.42. The molecule has 2 nitrogen and oxygen atoms in total. The van der Waals surface area contributed by atoms with Crippen molar-refractivity contribution < 1.29 is 9.47 Å². The minimum Gasteiger partial charge on any atom is -0.377 e.